The molecule has 0 aliphatic heterocycles. The van der Waals surface area contributed by atoms with Gasteiger partial charge >= 0.3 is 6.18 Å². The minimum absolute atomic E-state index is 0.146. The number of aliphatic hydroxyl groups excluding tert-OH is 1. The maximum absolute atomic E-state index is 12.1. The summed E-state index contributed by atoms with van der Waals surface area (Å²) < 4.78 is 41.7. The normalized spacial score (nSPS) is 13.3. The molecule has 2 N–H and O–H groups in total. The highest BCUT2D eigenvalue weighted by Crippen LogP contribution is 2.24. The SMILES string of the molecule is O=c1[nH]nc(OCCCC[C@H](O)C(F)(F)F)c2ccccc12. The van der Waals surface area contributed by atoms with Crippen molar-refractivity contribution in [2.45, 2.75) is 31.5 Å². The molecule has 0 bridgehead atoms. The molecular formula is C14H15F3N2O3. The summed E-state index contributed by atoms with van der Waals surface area (Å²) >= 11 is 0. The number of unbranched alkanes of at least 4 members (excludes halogenated alkanes) is 1. The van der Waals surface area contributed by atoms with Gasteiger partial charge in [0.05, 0.1) is 17.4 Å². The first-order valence-corrected chi connectivity index (χ1v) is 6.74. The van der Waals surface area contributed by atoms with Crippen molar-refractivity contribution in [2.75, 3.05) is 6.61 Å². The Morgan fingerprint density at radius 2 is 1.91 bits per heavy atom. The third-order valence-electron chi connectivity index (χ3n) is 3.15. The molecule has 0 saturated carbocycles. The highest BCUT2D eigenvalue weighted by atomic mass is 19.4. The molecule has 0 unspecified atom stereocenters. The van der Waals surface area contributed by atoms with Crippen LogP contribution in [0.25, 0.3) is 10.8 Å². The fourth-order valence-corrected chi connectivity index (χ4v) is 1.97. The summed E-state index contributed by atoms with van der Waals surface area (Å²) in [4.78, 5) is 11.6. The number of benzene rings is 1. The van der Waals surface area contributed by atoms with Crippen LogP contribution < -0.4 is 10.3 Å². The molecule has 0 aliphatic rings. The lowest BCUT2D eigenvalue weighted by Crippen LogP contribution is -2.28. The van der Waals surface area contributed by atoms with Crippen LogP contribution in [0.4, 0.5) is 13.2 Å². The molecule has 0 spiro atoms. The van der Waals surface area contributed by atoms with Gasteiger partial charge in [-0.15, -0.1) is 5.10 Å². The van der Waals surface area contributed by atoms with Gasteiger partial charge in [-0.05, 0) is 31.4 Å². The number of aromatic amines is 1. The number of fused-ring (bicyclic) bond motifs is 1. The molecule has 1 heterocycles. The van der Waals surface area contributed by atoms with Gasteiger partial charge in [0.15, 0.2) is 0 Å². The number of ether oxygens (including phenoxy) is 1. The van der Waals surface area contributed by atoms with Gasteiger partial charge in [0.2, 0.25) is 5.88 Å². The second kappa shape index (κ2) is 6.78. The van der Waals surface area contributed by atoms with Crippen molar-refractivity contribution in [3.63, 3.8) is 0 Å². The van der Waals surface area contributed by atoms with Crippen molar-refractivity contribution in [1.29, 1.82) is 0 Å². The Balaban J connectivity index is 1.88. The zero-order valence-corrected chi connectivity index (χ0v) is 11.6. The van der Waals surface area contributed by atoms with E-state index in [0.29, 0.717) is 17.2 Å². The third-order valence-corrected chi connectivity index (χ3v) is 3.15. The van der Waals surface area contributed by atoms with E-state index >= 15 is 0 Å². The third kappa shape index (κ3) is 3.97. The molecule has 1 aromatic carbocycles. The summed E-state index contributed by atoms with van der Waals surface area (Å²) in [7, 11) is 0. The first kappa shape index (κ1) is 16.3. The Morgan fingerprint density at radius 1 is 1.23 bits per heavy atom. The van der Waals surface area contributed by atoms with Crippen molar-refractivity contribution >= 4 is 10.8 Å². The Kier molecular flexibility index (Phi) is 5.02. The number of halogens is 3. The number of hydrogen-bond acceptors (Lipinski definition) is 4. The largest absolute Gasteiger partial charge is 0.476 e. The fourth-order valence-electron chi connectivity index (χ4n) is 1.97. The molecule has 0 amide bonds. The Hall–Kier alpha value is -2.09. The minimum Gasteiger partial charge on any atom is -0.476 e. The van der Waals surface area contributed by atoms with Crippen molar-refractivity contribution in [2.24, 2.45) is 0 Å². The number of alkyl halides is 3. The molecule has 0 saturated heterocycles. The van der Waals surface area contributed by atoms with Gasteiger partial charge in [-0.1, -0.05) is 12.1 Å². The van der Waals surface area contributed by atoms with Crippen LogP contribution >= 0.6 is 0 Å². The topological polar surface area (TPSA) is 75.2 Å². The molecule has 2 rings (SSSR count). The van der Waals surface area contributed by atoms with Gasteiger partial charge in [0.25, 0.3) is 5.56 Å². The van der Waals surface area contributed by atoms with E-state index in [-0.39, 0.29) is 30.9 Å². The van der Waals surface area contributed by atoms with E-state index in [2.05, 4.69) is 10.2 Å². The highest BCUT2D eigenvalue weighted by Gasteiger charge is 2.37. The van der Waals surface area contributed by atoms with Crippen LogP contribution in [0.3, 0.4) is 0 Å². The fraction of sp³-hybridized carbons (Fsp3) is 0.429. The zero-order chi connectivity index (χ0) is 16.2. The predicted octanol–water partition coefficient (Wildman–Crippen LogP) is 2.40. The Labute approximate surface area is 123 Å². The van der Waals surface area contributed by atoms with Crippen LogP contribution in [-0.2, 0) is 0 Å². The molecule has 0 fully saturated rings. The van der Waals surface area contributed by atoms with Crippen LogP contribution in [0.15, 0.2) is 29.1 Å². The zero-order valence-electron chi connectivity index (χ0n) is 11.6. The quantitative estimate of drug-likeness (QED) is 0.803. The van der Waals surface area contributed by atoms with E-state index in [1.165, 1.54) is 0 Å². The molecule has 2 aromatic rings. The lowest BCUT2D eigenvalue weighted by molar-refractivity contribution is -0.205. The van der Waals surface area contributed by atoms with Crippen LogP contribution in [0.2, 0.25) is 0 Å². The van der Waals surface area contributed by atoms with Gasteiger partial charge in [0, 0.05) is 0 Å². The molecule has 120 valence electrons. The van der Waals surface area contributed by atoms with Gasteiger partial charge in [0.1, 0.15) is 6.10 Å². The molecule has 5 nitrogen and oxygen atoms in total. The predicted molar refractivity (Wildman–Crippen MR) is 73.8 cm³/mol. The molecule has 1 atom stereocenters. The summed E-state index contributed by atoms with van der Waals surface area (Å²) in [5.41, 5.74) is -0.337. The number of nitrogens with one attached hydrogen (secondary N) is 1. The number of nitrogens with zero attached hydrogens (tertiary/aromatic N) is 1. The molecule has 8 heteroatoms. The monoisotopic (exact) mass is 316 g/mol. The first-order chi connectivity index (χ1) is 10.4. The van der Waals surface area contributed by atoms with E-state index < -0.39 is 12.3 Å². The van der Waals surface area contributed by atoms with Crippen molar-refractivity contribution in [3.8, 4) is 5.88 Å². The summed E-state index contributed by atoms with van der Waals surface area (Å²) in [6, 6.07) is 6.75. The van der Waals surface area contributed by atoms with Gasteiger partial charge < -0.3 is 9.84 Å². The summed E-state index contributed by atoms with van der Waals surface area (Å²) in [6.45, 7) is 0.146. The number of aromatic nitrogens is 2. The molecule has 0 aliphatic carbocycles. The summed E-state index contributed by atoms with van der Waals surface area (Å²) in [5.74, 6) is 0.228. The smallest absolute Gasteiger partial charge is 0.414 e. The van der Waals surface area contributed by atoms with Gasteiger partial charge in [-0.3, -0.25) is 4.79 Å². The van der Waals surface area contributed by atoms with Crippen LogP contribution in [0.5, 0.6) is 5.88 Å². The minimum atomic E-state index is -4.59. The van der Waals surface area contributed by atoms with Crippen LogP contribution in [-0.4, -0.2) is 34.2 Å². The Morgan fingerprint density at radius 3 is 2.59 bits per heavy atom. The number of H-pyrrole nitrogens is 1. The van der Waals surface area contributed by atoms with Crippen LogP contribution in [0, 0.1) is 0 Å². The molecule has 1 aromatic heterocycles. The maximum Gasteiger partial charge on any atom is 0.414 e. The van der Waals surface area contributed by atoms with E-state index in [9.17, 15) is 18.0 Å². The van der Waals surface area contributed by atoms with E-state index in [1.807, 2.05) is 0 Å². The number of rotatable bonds is 6. The molecular weight excluding hydrogens is 301 g/mol. The van der Waals surface area contributed by atoms with Crippen molar-refractivity contribution in [3.05, 3.63) is 34.6 Å². The van der Waals surface area contributed by atoms with Crippen molar-refractivity contribution in [1.82, 2.24) is 10.2 Å². The highest BCUT2D eigenvalue weighted by molar-refractivity contribution is 5.85. The van der Waals surface area contributed by atoms with Crippen LogP contribution in [0.1, 0.15) is 19.3 Å². The number of aliphatic hydroxyl groups is 1. The lowest BCUT2D eigenvalue weighted by Gasteiger charge is -2.14. The second-order valence-corrected chi connectivity index (χ2v) is 4.81. The maximum atomic E-state index is 12.1. The van der Waals surface area contributed by atoms with E-state index in [1.54, 1.807) is 24.3 Å². The van der Waals surface area contributed by atoms with E-state index in [4.69, 9.17) is 9.84 Å². The average Bonchev–Trinajstić information content (AvgIpc) is 2.48. The first-order valence-electron chi connectivity index (χ1n) is 6.74. The lowest BCUT2D eigenvalue weighted by atomic mass is 10.1. The molecule has 22 heavy (non-hydrogen) atoms. The second-order valence-electron chi connectivity index (χ2n) is 4.81. The van der Waals surface area contributed by atoms with Crippen molar-refractivity contribution < 1.29 is 23.0 Å². The standard InChI is InChI=1S/C14H15F3N2O3/c15-14(16,17)11(20)7-3-4-8-22-13-10-6-2-1-5-9(10)12(21)18-19-13/h1-2,5-6,11,20H,3-4,7-8H2,(H,18,21)/t11-/m0/s1. The average molecular weight is 316 g/mol. The number of hydrogen-bond donors (Lipinski definition) is 2. The molecule has 0 radical (unpaired) electrons. The summed E-state index contributed by atoms with van der Waals surface area (Å²) in [6.07, 6.45) is -6.76. The van der Waals surface area contributed by atoms with Gasteiger partial charge in [-0.2, -0.15) is 13.2 Å². The Bertz CT molecular complexity index is 685. The van der Waals surface area contributed by atoms with E-state index in [0.717, 1.165) is 0 Å². The van der Waals surface area contributed by atoms with Gasteiger partial charge in [-0.25, -0.2) is 5.10 Å². The summed E-state index contributed by atoms with van der Waals surface area (Å²) in [5, 5.41) is 15.9.